The van der Waals surface area contributed by atoms with Gasteiger partial charge in [-0.25, -0.2) is 9.78 Å². The lowest BCUT2D eigenvalue weighted by molar-refractivity contribution is 0.303. The van der Waals surface area contributed by atoms with Crippen LogP contribution >= 0.6 is 0 Å². The lowest BCUT2D eigenvalue weighted by Gasteiger charge is -2.11. The third kappa shape index (κ3) is 3.00. The molecule has 0 spiro atoms. The molecule has 0 aliphatic heterocycles. The first-order chi connectivity index (χ1) is 9.22. The van der Waals surface area contributed by atoms with Gasteiger partial charge in [-0.1, -0.05) is 30.3 Å². The lowest BCUT2D eigenvalue weighted by Crippen LogP contribution is -2.02. The number of carbonyl (C=O) groups excluding carboxylic acids is 1. The molecule has 0 saturated heterocycles. The third-order valence-electron chi connectivity index (χ3n) is 2.81. The van der Waals surface area contributed by atoms with Crippen molar-refractivity contribution in [1.82, 2.24) is 4.98 Å². The van der Waals surface area contributed by atoms with Crippen molar-refractivity contribution in [3.05, 3.63) is 53.2 Å². The zero-order valence-corrected chi connectivity index (χ0v) is 10.6. The summed E-state index contributed by atoms with van der Waals surface area (Å²) in [5, 5.41) is 0. The second-order valence-electron chi connectivity index (χ2n) is 4.08. The standard InChI is InChI=1S/C15H14N2O2/c1-11-13(7-8-18)15(16)17-9-14(11)19-10-12-5-3-2-4-6-12/h2-7,9H,10H2,1H3,(H2,16,17). The molecule has 1 aromatic heterocycles. The Bertz CT molecular complexity index is 618. The quantitative estimate of drug-likeness (QED) is 0.851. The van der Waals surface area contributed by atoms with Crippen molar-refractivity contribution < 1.29 is 9.53 Å². The first-order valence-electron chi connectivity index (χ1n) is 5.85. The number of anilines is 1. The number of ether oxygens (including phenoxy) is 1. The van der Waals surface area contributed by atoms with E-state index in [2.05, 4.69) is 4.98 Å². The van der Waals surface area contributed by atoms with Gasteiger partial charge in [0.2, 0.25) is 0 Å². The summed E-state index contributed by atoms with van der Waals surface area (Å²) >= 11 is 0. The van der Waals surface area contributed by atoms with Crippen LogP contribution in [0.15, 0.2) is 36.5 Å². The molecule has 0 aliphatic rings. The Hall–Kier alpha value is -2.58. The predicted molar refractivity (Wildman–Crippen MR) is 74.3 cm³/mol. The predicted octanol–water partition coefficient (Wildman–Crippen LogP) is 2.40. The van der Waals surface area contributed by atoms with Crippen molar-refractivity contribution in [1.29, 1.82) is 0 Å². The Morgan fingerprint density at radius 1 is 1.37 bits per heavy atom. The van der Waals surface area contributed by atoms with Crippen molar-refractivity contribution in [3.63, 3.8) is 0 Å². The number of nitrogens with two attached hydrogens (primary N) is 1. The van der Waals surface area contributed by atoms with Gasteiger partial charge < -0.3 is 10.5 Å². The molecule has 0 bridgehead atoms. The second kappa shape index (κ2) is 5.85. The van der Waals surface area contributed by atoms with Crippen molar-refractivity contribution in [2.24, 2.45) is 0 Å². The fourth-order valence-electron chi connectivity index (χ4n) is 1.74. The van der Waals surface area contributed by atoms with E-state index in [9.17, 15) is 4.79 Å². The molecule has 0 atom stereocenters. The van der Waals surface area contributed by atoms with Crippen LogP contribution in [0.4, 0.5) is 5.82 Å². The van der Waals surface area contributed by atoms with Gasteiger partial charge in [0.1, 0.15) is 24.1 Å². The first kappa shape index (κ1) is 12.9. The highest BCUT2D eigenvalue weighted by Gasteiger charge is 2.08. The van der Waals surface area contributed by atoms with Crippen LogP contribution in [0, 0.1) is 6.92 Å². The monoisotopic (exact) mass is 254 g/mol. The van der Waals surface area contributed by atoms with Gasteiger partial charge in [0.25, 0.3) is 0 Å². The molecule has 0 amide bonds. The van der Waals surface area contributed by atoms with Crippen LogP contribution in [0.25, 0.3) is 6.08 Å². The Kier molecular flexibility index (Phi) is 3.96. The van der Waals surface area contributed by atoms with Crippen molar-refractivity contribution >= 4 is 17.8 Å². The summed E-state index contributed by atoms with van der Waals surface area (Å²) < 4.78 is 5.70. The van der Waals surface area contributed by atoms with E-state index in [1.807, 2.05) is 37.3 Å². The summed E-state index contributed by atoms with van der Waals surface area (Å²) in [7, 11) is 0. The van der Waals surface area contributed by atoms with Crippen LogP contribution < -0.4 is 10.5 Å². The highest BCUT2D eigenvalue weighted by Crippen LogP contribution is 2.25. The van der Waals surface area contributed by atoms with Gasteiger partial charge in [-0.05, 0) is 12.5 Å². The minimum absolute atomic E-state index is 0.299. The summed E-state index contributed by atoms with van der Waals surface area (Å²) in [4.78, 5) is 14.5. The molecule has 1 heterocycles. The van der Waals surface area contributed by atoms with Gasteiger partial charge in [-0.2, -0.15) is 0 Å². The lowest BCUT2D eigenvalue weighted by atomic mass is 10.1. The van der Waals surface area contributed by atoms with Crippen LogP contribution in [0.5, 0.6) is 5.75 Å². The molecular weight excluding hydrogens is 240 g/mol. The van der Waals surface area contributed by atoms with Gasteiger partial charge >= 0.3 is 0 Å². The number of pyridine rings is 1. The van der Waals surface area contributed by atoms with Crippen LogP contribution in [0.1, 0.15) is 16.7 Å². The molecule has 4 heteroatoms. The second-order valence-corrected chi connectivity index (χ2v) is 4.08. The number of rotatable bonds is 4. The minimum atomic E-state index is 0.299. The van der Waals surface area contributed by atoms with E-state index in [0.29, 0.717) is 23.7 Å². The van der Waals surface area contributed by atoms with Gasteiger partial charge in [0, 0.05) is 17.2 Å². The molecule has 19 heavy (non-hydrogen) atoms. The molecule has 2 rings (SSSR count). The zero-order chi connectivity index (χ0) is 13.7. The first-order valence-corrected chi connectivity index (χ1v) is 5.85. The van der Waals surface area contributed by atoms with Crippen LogP contribution in [-0.4, -0.2) is 10.9 Å². The van der Waals surface area contributed by atoms with Crippen LogP contribution in [-0.2, 0) is 11.4 Å². The molecule has 0 aliphatic carbocycles. The molecule has 2 N–H and O–H groups in total. The SMILES string of the molecule is Cc1c(OCc2ccccc2)cnc(N)c1C=C=O. The molecule has 4 nitrogen and oxygen atoms in total. The van der Waals surface area contributed by atoms with Gasteiger partial charge in [0.05, 0.1) is 6.20 Å². The van der Waals surface area contributed by atoms with E-state index in [1.54, 1.807) is 12.1 Å². The Labute approximate surface area is 111 Å². The maximum Gasteiger partial charge on any atom is 0.141 e. The fourth-order valence-corrected chi connectivity index (χ4v) is 1.74. The van der Waals surface area contributed by atoms with E-state index in [-0.39, 0.29) is 0 Å². The Morgan fingerprint density at radius 3 is 2.79 bits per heavy atom. The maximum absolute atomic E-state index is 10.5. The van der Waals surface area contributed by atoms with E-state index >= 15 is 0 Å². The Balaban J connectivity index is 2.22. The molecule has 0 unspecified atom stereocenters. The maximum atomic E-state index is 10.5. The molecule has 96 valence electrons. The molecule has 0 radical (unpaired) electrons. The van der Waals surface area contributed by atoms with Crippen LogP contribution in [0.2, 0.25) is 0 Å². The number of benzene rings is 1. The minimum Gasteiger partial charge on any atom is -0.487 e. The average Bonchev–Trinajstić information content (AvgIpc) is 2.44. The fraction of sp³-hybridized carbons (Fsp3) is 0.133. The largest absolute Gasteiger partial charge is 0.487 e. The molecule has 1 aromatic carbocycles. The molecule has 0 fully saturated rings. The number of nitrogens with zero attached hydrogens (tertiary/aromatic N) is 1. The van der Waals surface area contributed by atoms with Gasteiger partial charge in [-0.15, -0.1) is 0 Å². The van der Waals surface area contributed by atoms with E-state index < -0.39 is 0 Å². The van der Waals surface area contributed by atoms with Crippen molar-refractivity contribution in [2.75, 3.05) is 5.73 Å². The Morgan fingerprint density at radius 2 is 2.11 bits per heavy atom. The number of hydrogen-bond donors (Lipinski definition) is 1. The highest BCUT2D eigenvalue weighted by molar-refractivity contribution is 5.81. The highest BCUT2D eigenvalue weighted by atomic mass is 16.5. The van der Waals surface area contributed by atoms with E-state index in [4.69, 9.17) is 10.5 Å². The zero-order valence-electron chi connectivity index (χ0n) is 10.6. The average molecular weight is 254 g/mol. The van der Waals surface area contributed by atoms with E-state index in [1.165, 1.54) is 6.08 Å². The molecular formula is C15H14N2O2. The number of nitrogen functional groups attached to an aromatic ring is 1. The summed E-state index contributed by atoms with van der Waals surface area (Å²) in [5.41, 5.74) is 8.11. The normalized spacial score (nSPS) is 9.74. The summed E-state index contributed by atoms with van der Waals surface area (Å²) in [6, 6.07) is 9.81. The van der Waals surface area contributed by atoms with Crippen molar-refractivity contribution in [3.8, 4) is 5.75 Å². The summed E-state index contributed by atoms with van der Waals surface area (Å²) in [6.45, 7) is 2.28. The van der Waals surface area contributed by atoms with Gasteiger partial charge in [-0.3, -0.25) is 0 Å². The third-order valence-corrected chi connectivity index (χ3v) is 2.81. The van der Waals surface area contributed by atoms with E-state index in [0.717, 1.165) is 11.1 Å². The number of aromatic nitrogens is 1. The molecule has 2 aromatic rings. The smallest absolute Gasteiger partial charge is 0.141 e. The topological polar surface area (TPSA) is 65.2 Å². The number of hydrogen-bond acceptors (Lipinski definition) is 4. The van der Waals surface area contributed by atoms with Gasteiger partial charge in [0.15, 0.2) is 0 Å². The van der Waals surface area contributed by atoms with Crippen LogP contribution in [0.3, 0.4) is 0 Å². The summed E-state index contributed by atoms with van der Waals surface area (Å²) in [6.07, 6.45) is 2.84. The summed E-state index contributed by atoms with van der Waals surface area (Å²) in [5.74, 6) is 2.63. The van der Waals surface area contributed by atoms with Crippen molar-refractivity contribution in [2.45, 2.75) is 13.5 Å². The molecule has 0 saturated carbocycles.